The molecule has 1 rings (SSSR count). The molecule has 1 saturated heterocycles. The fraction of sp³-hybridized carbons (Fsp3) is 0.444. The van der Waals surface area contributed by atoms with E-state index in [4.69, 9.17) is 0 Å². The Hall–Kier alpha value is -0.890. The quantitative estimate of drug-likeness (QED) is 0.437. The highest BCUT2D eigenvalue weighted by Crippen LogP contribution is 2.20. The van der Waals surface area contributed by atoms with E-state index in [1.807, 2.05) is 6.08 Å². The first-order valence-corrected chi connectivity index (χ1v) is 3.73. The first-order chi connectivity index (χ1) is 5.24. The van der Waals surface area contributed by atoms with E-state index in [2.05, 4.69) is 30.2 Å². The molecule has 0 amide bonds. The van der Waals surface area contributed by atoms with Crippen molar-refractivity contribution in [1.82, 2.24) is 4.90 Å². The zero-order chi connectivity index (χ0) is 8.27. The fourth-order valence-corrected chi connectivity index (χ4v) is 1.22. The monoisotopic (exact) mass is 150 g/mol. The first-order valence-electron chi connectivity index (χ1n) is 3.73. The normalized spacial score (nSPS) is 20.1. The van der Waals surface area contributed by atoms with Crippen LogP contribution in [0.3, 0.4) is 0 Å². The number of hydrogen-bond donors (Lipinski definition) is 0. The smallest absolute Gasteiger partial charge is 0.0263 e. The van der Waals surface area contributed by atoms with E-state index in [9.17, 15) is 0 Å². The van der Waals surface area contributed by atoms with Gasteiger partial charge in [-0.25, -0.2) is 0 Å². The van der Waals surface area contributed by atoms with Gasteiger partial charge >= 0.3 is 0 Å². The van der Waals surface area contributed by atoms with Crippen LogP contribution in [-0.2, 0) is 0 Å². The Morgan fingerprint density at radius 2 is 2.27 bits per heavy atom. The molecule has 1 aliphatic rings. The van der Waals surface area contributed by atoms with Crippen molar-refractivity contribution < 1.29 is 0 Å². The van der Waals surface area contributed by atoms with E-state index in [0.29, 0.717) is 5.92 Å². The SMILES string of the molecule is C=N/C=C\C(=C)C1CN(C)C1. The van der Waals surface area contributed by atoms with E-state index in [1.54, 1.807) is 6.20 Å². The highest BCUT2D eigenvalue weighted by atomic mass is 15.2. The number of nitrogens with zero attached hydrogens (tertiary/aromatic N) is 2. The second kappa shape index (κ2) is 3.49. The molecule has 60 valence electrons. The number of hydrogen-bond acceptors (Lipinski definition) is 2. The maximum Gasteiger partial charge on any atom is 0.0263 e. The largest absolute Gasteiger partial charge is 0.305 e. The van der Waals surface area contributed by atoms with Gasteiger partial charge in [0.2, 0.25) is 0 Å². The molecule has 0 bridgehead atoms. The van der Waals surface area contributed by atoms with Gasteiger partial charge in [0.05, 0.1) is 0 Å². The van der Waals surface area contributed by atoms with Gasteiger partial charge in [0, 0.05) is 25.2 Å². The Labute approximate surface area is 67.9 Å². The van der Waals surface area contributed by atoms with Crippen LogP contribution in [0.1, 0.15) is 0 Å². The molecule has 0 aliphatic carbocycles. The lowest BCUT2D eigenvalue weighted by atomic mass is 9.93. The molecule has 0 aromatic rings. The van der Waals surface area contributed by atoms with Gasteiger partial charge in [-0.3, -0.25) is 4.99 Å². The minimum atomic E-state index is 0.637. The van der Waals surface area contributed by atoms with Gasteiger partial charge in [-0.15, -0.1) is 0 Å². The van der Waals surface area contributed by atoms with Crippen LogP contribution in [0.25, 0.3) is 0 Å². The molecule has 0 aromatic heterocycles. The molecule has 0 spiro atoms. The van der Waals surface area contributed by atoms with Crippen molar-refractivity contribution in [3.05, 3.63) is 24.4 Å². The summed E-state index contributed by atoms with van der Waals surface area (Å²) >= 11 is 0. The van der Waals surface area contributed by atoms with Crippen molar-refractivity contribution in [1.29, 1.82) is 0 Å². The number of rotatable bonds is 3. The van der Waals surface area contributed by atoms with Crippen LogP contribution >= 0.6 is 0 Å². The zero-order valence-electron chi connectivity index (χ0n) is 6.95. The molecule has 2 heteroatoms. The summed E-state index contributed by atoms with van der Waals surface area (Å²) < 4.78 is 0. The van der Waals surface area contributed by atoms with Crippen LogP contribution < -0.4 is 0 Å². The summed E-state index contributed by atoms with van der Waals surface area (Å²) in [7, 11) is 2.11. The molecule has 0 unspecified atom stereocenters. The van der Waals surface area contributed by atoms with Crippen LogP contribution in [0.4, 0.5) is 0 Å². The predicted octanol–water partition coefficient (Wildman–Crippen LogP) is 1.32. The van der Waals surface area contributed by atoms with Gasteiger partial charge in [0.25, 0.3) is 0 Å². The van der Waals surface area contributed by atoms with Gasteiger partial charge < -0.3 is 4.90 Å². The standard InChI is InChI=1S/C9H14N2/c1-8(4-5-10-2)9-6-11(3)7-9/h4-5,9H,1-2,6-7H2,3H3/b5-4-. The van der Waals surface area contributed by atoms with Crippen molar-refractivity contribution >= 4 is 6.72 Å². The van der Waals surface area contributed by atoms with Crippen molar-refractivity contribution in [2.24, 2.45) is 10.9 Å². The summed E-state index contributed by atoms with van der Waals surface area (Å²) in [6, 6.07) is 0. The third-order valence-electron chi connectivity index (χ3n) is 1.98. The molecule has 1 aliphatic heterocycles. The topological polar surface area (TPSA) is 15.6 Å². The zero-order valence-corrected chi connectivity index (χ0v) is 6.95. The summed E-state index contributed by atoms with van der Waals surface area (Å²) in [6.45, 7) is 9.56. The van der Waals surface area contributed by atoms with Gasteiger partial charge in [0.15, 0.2) is 0 Å². The Morgan fingerprint density at radius 1 is 1.64 bits per heavy atom. The molecule has 2 nitrogen and oxygen atoms in total. The maximum atomic E-state index is 3.95. The molecular formula is C9H14N2. The van der Waals surface area contributed by atoms with Crippen LogP contribution in [-0.4, -0.2) is 31.8 Å². The summed E-state index contributed by atoms with van der Waals surface area (Å²) in [6.07, 6.45) is 3.63. The Bertz CT molecular complexity index is 188. The lowest BCUT2D eigenvalue weighted by Crippen LogP contribution is -2.44. The summed E-state index contributed by atoms with van der Waals surface area (Å²) in [5.41, 5.74) is 1.16. The summed E-state index contributed by atoms with van der Waals surface area (Å²) in [5, 5.41) is 0. The van der Waals surface area contributed by atoms with Crippen molar-refractivity contribution in [3.8, 4) is 0 Å². The van der Waals surface area contributed by atoms with E-state index < -0.39 is 0 Å². The Kier molecular flexibility index (Phi) is 2.60. The van der Waals surface area contributed by atoms with Gasteiger partial charge in [-0.1, -0.05) is 6.58 Å². The second-order valence-electron chi connectivity index (χ2n) is 2.99. The van der Waals surface area contributed by atoms with Gasteiger partial charge in [0.1, 0.15) is 0 Å². The lowest BCUT2D eigenvalue weighted by Gasteiger charge is -2.36. The fourth-order valence-electron chi connectivity index (χ4n) is 1.22. The molecule has 0 atom stereocenters. The van der Waals surface area contributed by atoms with E-state index in [0.717, 1.165) is 18.7 Å². The average molecular weight is 150 g/mol. The van der Waals surface area contributed by atoms with Crippen LogP contribution in [0.5, 0.6) is 0 Å². The Balaban J connectivity index is 2.32. The molecule has 1 fully saturated rings. The molecule has 1 heterocycles. The highest BCUT2D eigenvalue weighted by molar-refractivity contribution is 5.28. The Morgan fingerprint density at radius 3 is 2.73 bits per heavy atom. The lowest BCUT2D eigenvalue weighted by molar-refractivity contribution is 0.164. The molecular weight excluding hydrogens is 136 g/mol. The first kappa shape index (κ1) is 8.21. The van der Waals surface area contributed by atoms with Gasteiger partial charge in [-0.2, -0.15) is 0 Å². The number of aliphatic imine (C=N–C) groups is 1. The van der Waals surface area contributed by atoms with E-state index in [1.165, 1.54) is 0 Å². The molecule has 0 N–H and O–H groups in total. The maximum absolute atomic E-state index is 3.95. The van der Waals surface area contributed by atoms with Crippen molar-refractivity contribution in [3.63, 3.8) is 0 Å². The second-order valence-corrected chi connectivity index (χ2v) is 2.99. The van der Waals surface area contributed by atoms with Crippen LogP contribution in [0.15, 0.2) is 29.4 Å². The number of allylic oxidation sites excluding steroid dienone is 1. The molecule has 0 radical (unpaired) electrons. The molecule has 11 heavy (non-hydrogen) atoms. The molecule has 0 saturated carbocycles. The minimum absolute atomic E-state index is 0.637. The minimum Gasteiger partial charge on any atom is -0.305 e. The van der Waals surface area contributed by atoms with Gasteiger partial charge in [-0.05, 0) is 25.4 Å². The highest BCUT2D eigenvalue weighted by Gasteiger charge is 2.23. The third-order valence-corrected chi connectivity index (χ3v) is 1.98. The average Bonchev–Trinajstić information content (AvgIpc) is 1.94. The van der Waals surface area contributed by atoms with E-state index >= 15 is 0 Å². The van der Waals surface area contributed by atoms with Crippen LogP contribution in [0.2, 0.25) is 0 Å². The summed E-state index contributed by atoms with van der Waals surface area (Å²) in [5.74, 6) is 0.637. The van der Waals surface area contributed by atoms with Crippen LogP contribution in [0, 0.1) is 5.92 Å². The third kappa shape index (κ3) is 2.02. The van der Waals surface area contributed by atoms with E-state index in [-0.39, 0.29) is 0 Å². The predicted molar refractivity (Wildman–Crippen MR) is 48.8 cm³/mol. The van der Waals surface area contributed by atoms with Crippen molar-refractivity contribution in [2.45, 2.75) is 0 Å². The molecule has 0 aromatic carbocycles. The number of likely N-dealkylation sites (tertiary alicyclic amines) is 1. The van der Waals surface area contributed by atoms with Crippen molar-refractivity contribution in [2.75, 3.05) is 20.1 Å². The summed E-state index contributed by atoms with van der Waals surface area (Å²) in [4.78, 5) is 5.90.